The molecule has 0 heterocycles. The topological polar surface area (TPSA) is 0 Å². The first-order valence-corrected chi connectivity index (χ1v) is 11.8. The molecule has 0 saturated carbocycles. The zero-order chi connectivity index (χ0) is 22.5. The van der Waals surface area contributed by atoms with Gasteiger partial charge in [-0.3, -0.25) is 0 Å². The first kappa shape index (κ1) is 20.8. The molecule has 4 aromatic rings. The van der Waals surface area contributed by atoms with Crippen molar-refractivity contribution in [1.82, 2.24) is 0 Å². The second-order valence-corrected chi connectivity index (χ2v) is 10.1. The van der Waals surface area contributed by atoms with Gasteiger partial charge in [0.1, 0.15) is 0 Å². The minimum Gasteiger partial charge on any atom is -0.0642 e. The van der Waals surface area contributed by atoms with Crippen LogP contribution in [0.15, 0.2) is 91.0 Å². The lowest BCUT2D eigenvalue weighted by atomic mass is 9.72. The molecule has 5 rings (SSSR count). The summed E-state index contributed by atoms with van der Waals surface area (Å²) in [5.41, 5.74) is 12.3. The summed E-state index contributed by atoms with van der Waals surface area (Å²) in [4.78, 5) is 0. The van der Waals surface area contributed by atoms with Crippen molar-refractivity contribution in [2.24, 2.45) is 0 Å². The SMILES string of the molecule is CCC(C)(c1ccccc1)c1ccc2c(c1)C(C)(C)c1cc(-c3ccc(C)cc3)ccc1-2. The van der Waals surface area contributed by atoms with E-state index in [2.05, 4.69) is 126 Å². The summed E-state index contributed by atoms with van der Waals surface area (Å²) in [6, 6.07) is 34.0. The van der Waals surface area contributed by atoms with Crippen molar-refractivity contribution in [3.8, 4) is 22.3 Å². The molecule has 0 radical (unpaired) electrons. The zero-order valence-electron chi connectivity index (χ0n) is 19.9. The van der Waals surface area contributed by atoms with Crippen molar-refractivity contribution >= 4 is 0 Å². The van der Waals surface area contributed by atoms with Gasteiger partial charge in [0.2, 0.25) is 0 Å². The number of hydrogen-bond donors (Lipinski definition) is 0. The lowest BCUT2D eigenvalue weighted by molar-refractivity contribution is 0.547. The third-order valence-electron chi connectivity index (χ3n) is 7.82. The average Bonchev–Trinajstić information content (AvgIpc) is 3.05. The van der Waals surface area contributed by atoms with Crippen molar-refractivity contribution in [3.05, 3.63) is 119 Å². The van der Waals surface area contributed by atoms with Crippen molar-refractivity contribution in [1.29, 1.82) is 0 Å². The number of fused-ring (bicyclic) bond motifs is 3. The average molecular weight is 417 g/mol. The molecule has 0 aromatic heterocycles. The van der Waals surface area contributed by atoms with Crippen LogP contribution in [0, 0.1) is 6.92 Å². The van der Waals surface area contributed by atoms with Crippen molar-refractivity contribution in [2.75, 3.05) is 0 Å². The molecule has 0 fully saturated rings. The van der Waals surface area contributed by atoms with Crippen molar-refractivity contribution in [2.45, 2.75) is 51.9 Å². The van der Waals surface area contributed by atoms with Gasteiger partial charge in [0.05, 0.1) is 0 Å². The fourth-order valence-corrected chi connectivity index (χ4v) is 5.39. The molecular formula is C32H32. The maximum atomic E-state index is 2.48. The van der Waals surface area contributed by atoms with Crippen LogP contribution in [0.4, 0.5) is 0 Å². The minimum atomic E-state index is -0.0211. The Morgan fingerprint density at radius 1 is 0.656 bits per heavy atom. The fourth-order valence-electron chi connectivity index (χ4n) is 5.39. The summed E-state index contributed by atoms with van der Waals surface area (Å²) in [5.74, 6) is 0. The van der Waals surface area contributed by atoms with E-state index in [0.717, 1.165) is 6.42 Å². The van der Waals surface area contributed by atoms with Crippen LogP contribution in [0.25, 0.3) is 22.3 Å². The van der Waals surface area contributed by atoms with Gasteiger partial charge in [-0.2, -0.15) is 0 Å². The van der Waals surface area contributed by atoms with E-state index < -0.39 is 0 Å². The Balaban J connectivity index is 1.61. The number of rotatable bonds is 4. The van der Waals surface area contributed by atoms with Gasteiger partial charge in [-0.1, -0.05) is 118 Å². The van der Waals surface area contributed by atoms with E-state index in [9.17, 15) is 0 Å². The van der Waals surface area contributed by atoms with Crippen LogP contribution in [-0.2, 0) is 10.8 Å². The van der Waals surface area contributed by atoms with E-state index in [0.29, 0.717) is 0 Å². The van der Waals surface area contributed by atoms with E-state index in [1.807, 2.05) is 0 Å². The van der Waals surface area contributed by atoms with Gasteiger partial charge in [-0.05, 0) is 63.9 Å². The molecule has 0 saturated heterocycles. The smallest absolute Gasteiger partial charge is 0.0172 e. The van der Waals surface area contributed by atoms with Gasteiger partial charge in [-0.25, -0.2) is 0 Å². The van der Waals surface area contributed by atoms with E-state index in [1.165, 1.54) is 50.1 Å². The summed E-state index contributed by atoms with van der Waals surface area (Å²) in [6.07, 6.45) is 1.07. The lowest BCUT2D eigenvalue weighted by Crippen LogP contribution is -2.24. The Kier molecular flexibility index (Phi) is 4.86. The van der Waals surface area contributed by atoms with Gasteiger partial charge in [0.25, 0.3) is 0 Å². The molecule has 32 heavy (non-hydrogen) atoms. The zero-order valence-corrected chi connectivity index (χ0v) is 19.9. The summed E-state index contributed by atoms with van der Waals surface area (Å²) >= 11 is 0. The molecule has 1 atom stereocenters. The third-order valence-corrected chi connectivity index (χ3v) is 7.82. The van der Waals surface area contributed by atoms with Gasteiger partial charge < -0.3 is 0 Å². The normalized spacial score (nSPS) is 15.7. The number of benzene rings is 4. The Morgan fingerprint density at radius 2 is 1.25 bits per heavy atom. The molecule has 1 aliphatic carbocycles. The maximum Gasteiger partial charge on any atom is 0.0172 e. The molecule has 4 aromatic carbocycles. The molecular weight excluding hydrogens is 384 g/mol. The van der Waals surface area contributed by atoms with Crippen molar-refractivity contribution < 1.29 is 0 Å². The molecule has 0 aliphatic heterocycles. The lowest BCUT2D eigenvalue weighted by Gasteiger charge is -2.31. The van der Waals surface area contributed by atoms with Gasteiger partial charge in [-0.15, -0.1) is 0 Å². The summed E-state index contributed by atoms with van der Waals surface area (Å²) in [6.45, 7) is 11.6. The molecule has 1 aliphatic rings. The van der Waals surface area contributed by atoms with Crippen LogP contribution in [0.2, 0.25) is 0 Å². The summed E-state index contributed by atoms with van der Waals surface area (Å²) in [7, 11) is 0. The van der Waals surface area contributed by atoms with Gasteiger partial charge in [0.15, 0.2) is 0 Å². The van der Waals surface area contributed by atoms with Crippen LogP contribution < -0.4 is 0 Å². The third kappa shape index (κ3) is 3.13. The monoisotopic (exact) mass is 416 g/mol. The molecule has 0 N–H and O–H groups in total. The fraction of sp³-hybridized carbons (Fsp3) is 0.250. The molecule has 0 nitrogen and oxygen atoms in total. The highest BCUT2D eigenvalue weighted by Crippen LogP contribution is 2.51. The second kappa shape index (κ2) is 7.48. The summed E-state index contributed by atoms with van der Waals surface area (Å²) in [5, 5.41) is 0. The Bertz CT molecular complexity index is 1280. The van der Waals surface area contributed by atoms with Crippen molar-refractivity contribution in [3.63, 3.8) is 0 Å². The Labute approximate surface area is 193 Å². The largest absolute Gasteiger partial charge is 0.0642 e. The van der Waals surface area contributed by atoms with Crippen LogP contribution in [-0.4, -0.2) is 0 Å². The minimum absolute atomic E-state index is 0.00814. The standard InChI is InChI=1S/C32H32/c1-6-32(5,25-10-8-7-9-11-25)26-17-19-28-27-18-16-24(23-14-12-22(2)13-15-23)20-29(27)31(3,4)30(28)21-26/h7-21H,6H2,1-5H3. The van der Waals surface area contributed by atoms with E-state index in [4.69, 9.17) is 0 Å². The van der Waals surface area contributed by atoms with Gasteiger partial charge >= 0.3 is 0 Å². The molecule has 0 amide bonds. The molecule has 1 unspecified atom stereocenters. The Hall–Kier alpha value is -3.12. The summed E-state index contributed by atoms with van der Waals surface area (Å²) < 4.78 is 0. The first-order valence-electron chi connectivity index (χ1n) is 11.8. The first-order chi connectivity index (χ1) is 15.3. The molecule has 160 valence electrons. The predicted molar refractivity (Wildman–Crippen MR) is 137 cm³/mol. The van der Waals surface area contributed by atoms with Crippen LogP contribution in [0.5, 0.6) is 0 Å². The second-order valence-electron chi connectivity index (χ2n) is 10.1. The van der Waals surface area contributed by atoms with E-state index >= 15 is 0 Å². The molecule has 0 bridgehead atoms. The quantitative estimate of drug-likeness (QED) is 0.312. The highest BCUT2D eigenvalue weighted by Gasteiger charge is 2.37. The Morgan fingerprint density at radius 3 is 1.91 bits per heavy atom. The number of aryl methyl sites for hydroxylation is 1. The van der Waals surface area contributed by atoms with Gasteiger partial charge in [0, 0.05) is 10.8 Å². The highest BCUT2D eigenvalue weighted by atomic mass is 14.4. The number of hydrogen-bond acceptors (Lipinski definition) is 0. The molecule has 0 spiro atoms. The van der Waals surface area contributed by atoms with Crippen LogP contribution >= 0.6 is 0 Å². The van der Waals surface area contributed by atoms with E-state index in [1.54, 1.807) is 0 Å². The van der Waals surface area contributed by atoms with E-state index in [-0.39, 0.29) is 10.8 Å². The highest BCUT2D eigenvalue weighted by molar-refractivity contribution is 5.84. The maximum absolute atomic E-state index is 2.48. The van der Waals surface area contributed by atoms with Crippen LogP contribution in [0.1, 0.15) is 61.9 Å². The van der Waals surface area contributed by atoms with Crippen LogP contribution in [0.3, 0.4) is 0 Å². The predicted octanol–water partition coefficient (Wildman–Crippen LogP) is 8.68. The molecule has 0 heteroatoms.